The highest BCUT2D eigenvalue weighted by molar-refractivity contribution is 6.33. The van der Waals surface area contributed by atoms with Gasteiger partial charge >= 0.3 is 0 Å². The van der Waals surface area contributed by atoms with Gasteiger partial charge in [0.1, 0.15) is 0 Å². The molecule has 0 radical (unpaired) electrons. The Morgan fingerprint density at radius 1 is 1.06 bits per heavy atom. The van der Waals surface area contributed by atoms with Crippen LogP contribution in [0.25, 0.3) is 0 Å². The molecule has 92 valence electrons. The lowest BCUT2D eigenvalue weighted by atomic mass is 10.1. The second-order valence-corrected chi connectivity index (χ2v) is 4.72. The second-order valence-electron chi connectivity index (χ2n) is 3.97. The molecule has 0 saturated carbocycles. The molecule has 0 fully saturated rings. The van der Waals surface area contributed by atoms with Crippen molar-refractivity contribution in [1.29, 1.82) is 0 Å². The monoisotopic (exact) mass is 281 g/mol. The molecule has 2 heterocycles. The summed E-state index contributed by atoms with van der Waals surface area (Å²) < 4.78 is 5.37. The summed E-state index contributed by atoms with van der Waals surface area (Å²) in [5, 5.41) is 11.2. The number of fused-ring (bicyclic) bond motifs is 1. The van der Waals surface area contributed by atoms with Gasteiger partial charge in [0, 0.05) is 11.8 Å². The quantitative estimate of drug-likeness (QED) is 0.914. The minimum atomic E-state index is 0.288. The number of anilines is 2. The first-order valence-electron chi connectivity index (χ1n) is 5.38. The zero-order valence-electron chi connectivity index (χ0n) is 9.28. The van der Waals surface area contributed by atoms with Crippen LogP contribution in [0, 0.1) is 0 Å². The third-order valence-electron chi connectivity index (χ3n) is 2.72. The van der Waals surface area contributed by atoms with Gasteiger partial charge in [-0.05, 0) is 23.3 Å². The molecule has 1 N–H and O–H groups in total. The van der Waals surface area contributed by atoms with Gasteiger partial charge in [-0.1, -0.05) is 29.3 Å². The van der Waals surface area contributed by atoms with Gasteiger partial charge < -0.3 is 10.1 Å². The van der Waals surface area contributed by atoms with Crippen molar-refractivity contribution in [3.05, 3.63) is 45.7 Å². The van der Waals surface area contributed by atoms with Gasteiger partial charge in [0.15, 0.2) is 10.3 Å². The van der Waals surface area contributed by atoms with Crippen LogP contribution in [-0.4, -0.2) is 10.2 Å². The maximum atomic E-state index is 5.94. The summed E-state index contributed by atoms with van der Waals surface area (Å²) in [4.78, 5) is 0. The molecule has 1 aromatic carbocycles. The van der Waals surface area contributed by atoms with Crippen molar-refractivity contribution >= 4 is 34.6 Å². The first-order chi connectivity index (χ1) is 8.72. The Bertz CT molecular complexity index is 604. The normalized spacial score (nSPS) is 13.4. The number of hydrogen-bond acceptors (Lipinski definition) is 4. The predicted molar refractivity (Wildman–Crippen MR) is 70.3 cm³/mol. The van der Waals surface area contributed by atoms with E-state index in [1.54, 1.807) is 6.07 Å². The predicted octanol–water partition coefficient (Wildman–Crippen LogP) is 3.56. The Morgan fingerprint density at radius 2 is 1.89 bits per heavy atom. The molecule has 1 aromatic heterocycles. The average Bonchev–Trinajstić information content (AvgIpc) is 2.81. The van der Waals surface area contributed by atoms with Crippen LogP contribution in [0.1, 0.15) is 11.1 Å². The molecule has 2 aromatic rings. The smallest absolute Gasteiger partial charge is 0.175 e. The minimum absolute atomic E-state index is 0.288. The number of benzene rings is 1. The summed E-state index contributed by atoms with van der Waals surface area (Å²) in [6, 6.07) is 7.68. The van der Waals surface area contributed by atoms with E-state index < -0.39 is 0 Å². The summed E-state index contributed by atoms with van der Waals surface area (Å²) in [6.45, 7) is 1.33. The molecule has 0 amide bonds. The number of rotatable bonds is 2. The molecule has 1 aliphatic rings. The fourth-order valence-electron chi connectivity index (χ4n) is 1.85. The first kappa shape index (κ1) is 11.7. The molecule has 4 nitrogen and oxygen atoms in total. The van der Waals surface area contributed by atoms with Crippen molar-refractivity contribution in [3.8, 4) is 0 Å². The van der Waals surface area contributed by atoms with Gasteiger partial charge in [-0.2, -0.15) is 0 Å². The highest BCUT2D eigenvalue weighted by atomic mass is 35.5. The fourth-order valence-corrected chi connectivity index (χ4v) is 2.13. The summed E-state index contributed by atoms with van der Waals surface area (Å²) in [5.41, 5.74) is 3.96. The molecular formula is C12H9Cl2N3O. The Labute approximate surface area is 114 Å². The van der Waals surface area contributed by atoms with E-state index in [4.69, 9.17) is 27.9 Å². The van der Waals surface area contributed by atoms with Crippen molar-refractivity contribution in [3.63, 3.8) is 0 Å². The third-order valence-corrected chi connectivity index (χ3v) is 3.18. The summed E-state index contributed by atoms with van der Waals surface area (Å²) in [7, 11) is 0. The van der Waals surface area contributed by atoms with Crippen LogP contribution < -0.4 is 5.32 Å². The topological polar surface area (TPSA) is 47.0 Å². The number of hydrogen-bond donors (Lipinski definition) is 1. The van der Waals surface area contributed by atoms with Crippen LogP contribution in [0.15, 0.2) is 24.3 Å². The summed E-state index contributed by atoms with van der Waals surface area (Å²) in [5.74, 6) is 0. The first-order valence-corrected chi connectivity index (χ1v) is 6.13. The molecule has 0 saturated heterocycles. The van der Waals surface area contributed by atoms with Crippen LogP contribution in [-0.2, 0) is 18.0 Å². The van der Waals surface area contributed by atoms with Gasteiger partial charge in [-0.25, -0.2) is 0 Å². The maximum absolute atomic E-state index is 5.94. The summed E-state index contributed by atoms with van der Waals surface area (Å²) >= 11 is 11.7. The van der Waals surface area contributed by atoms with Gasteiger partial charge in [-0.15, -0.1) is 10.2 Å². The number of halogens is 2. The average molecular weight is 282 g/mol. The van der Waals surface area contributed by atoms with Gasteiger partial charge in [0.25, 0.3) is 0 Å². The molecule has 18 heavy (non-hydrogen) atoms. The summed E-state index contributed by atoms with van der Waals surface area (Å²) in [6.07, 6.45) is 0. The van der Waals surface area contributed by atoms with Crippen molar-refractivity contribution in [2.45, 2.75) is 13.2 Å². The van der Waals surface area contributed by atoms with Crippen LogP contribution in [0.5, 0.6) is 0 Å². The molecule has 0 atom stereocenters. The van der Waals surface area contributed by atoms with E-state index in [2.05, 4.69) is 15.5 Å². The number of aromatic nitrogens is 2. The lowest BCUT2D eigenvalue weighted by Crippen LogP contribution is -1.96. The molecule has 0 unspecified atom stereocenters. The van der Waals surface area contributed by atoms with Crippen LogP contribution in [0.4, 0.5) is 11.4 Å². The number of ether oxygens (including phenoxy) is 1. The molecule has 0 spiro atoms. The Hall–Kier alpha value is -1.36. The SMILES string of the molecule is Clc1cc(Nc2ccc3c(c2)COC3)c(Cl)nn1. The van der Waals surface area contributed by atoms with Crippen LogP contribution >= 0.6 is 23.2 Å². The molecule has 1 aliphatic heterocycles. The number of nitrogens with zero attached hydrogens (tertiary/aromatic N) is 2. The van der Waals surface area contributed by atoms with E-state index in [-0.39, 0.29) is 5.15 Å². The maximum Gasteiger partial charge on any atom is 0.175 e. The molecular weight excluding hydrogens is 273 g/mol. The lowest BCUT2D eigenvalue weighted by Gasteiger charge is -2.08. The van der Waals surface area contributed by atoms with E-state index in [0.29, 0.717) is 24.1 Å². The second kappa shape index (κ2) is 4.72. The van der Waals surface area contributed by atoms with Crippen molar-refractivity contribution in [2.75, 3.05) is 5.32 Å². The Morgan fingerprint density at radius 3 is 2.78 bits per heavy atom. The van der Waals surface area contributed by atoms with E-state index >= 15 is 0 Å². The fraction of sp³-hybridized carbons (Fsp3) is 0.167. The van der Waals surface area contributed by atoms with Gasteiger partial charge in [-0.3, -0.25) is 0 Å². The minimum Gasteiger partial charge on any atom is -0.372 e. The lowest BCUT2D eigenvalue weighted by molar-refractivity contribution is 0.134. The van der Waals surface area contributed by atoms with Gasteiger partial charge in [0.2, 0.25) is 0 Å². The van der Waals surface area contributed by atoms with Crippen molar-refractivity contribution in [1.82, 2.24) is 10.2 Å². The van der Waals surface area contributed by atoms with E-state index in [0.717, 1.165) is 5.69 Å². The van der Waals surface area contributed by atoms with Crippen LogP contribution in [0.2, 0.25) is 10.3 Å². The standard InChI is InChI=1S/C12H9Cl2N3O/c13-11-4-10(12(14)17-16-11)15-9-2-1-7-5-18-6-8(7)3-9/h1-4H,5-6H2,(H,15,16). The van der Waals surface area contributed by atoms with E-state index in [1.807, 2.05) is 18.2 Å². The zero-order valence-corrected chi connectivity index (χ0v) is 10.8. The van der Waals surface area contributed by atoms with Crippen molar-refractivity contribution in [2.24, 2.45) is 0 Å². The van der Waals surface area contributed by atoms with Crippen LogP contribution in [0.3, 0.4) is 0 Å². The zero-order chi connectivity index (χ0) is 12.5. The van der Waals surface area contributed by atoms with Crippen molar-refractivity contribution < 1.29 is 4.74 Å². The van der Waals surface area contributed by atoms with E-state index in [1.165, 1.54) is 11.1 Å². The highest BCUT2D eigenvalue weighted by Crippen LogP contribution is 2.28. The largest absolute Gasteiger partial charge is 0.372 e. The van der Waals surface area contributed by atoms with E-state index in [9.17, 15) is 0 Å². The molecule has 6 heteroatoms. The number of nitrogens with one attached hydrogen (secondary N) is 1. The molecule has 0 aliphatic carbocycles. The highest BCUT2D eigenvalue weighted by Gasteiger charge is 2.12. The van der Waals surface area contributed by atoms with Gasteiger partial charge in [0.05, 0.1) is 18.9 Å². The Kier molecular flexibility index (Phi) is 3.07. The molecule has 0 bridgehead atoms. The molecule has 3 rings (SSSR count). The third kappa shape index (κ3) is 2.27. The Balaban J connectivity index is 1.90.